The molecular formula is C14H16O2. The summed E-state index contributed by atoms with van der Waals surface area (Å²) in [6, 6.07) is 10.0. The monoisotopic (exact) mass is 216 g/mol. The second-order valence-corrected chi connectivity index (χ2v) is 4.83. The van der Waals surface area contributed by atoms with Crippen molar-refractivity contribution < 1.29 is 9.53 Å². The number of carbonyl (C=O) groups excluding carboxylic acids is 1. The molecule has 0 radical (unpaired) electrons. The maximum absolute atomic E-state index is 11.6. The zero-order valence-corrected chi connectivity index (χ0v) is 9.26. The predicted molar refractivity (Wildman–Crippen MR) is 61.0 cm³/mol. The highest BCUT2D eigenvalue weighted by molar-refractivity contribution is 5.84. The summed E-state index contributed by atoms with van der Waals surface area (Å²) in [5.74, 6) is 0.565. The van der Waals surface area contributed by atoms with Gasteiger partial charge in [0, 0.05) is 0 Å². The average Bonchev–Trinajstić information content (AvgIpc) is 2.80. The van der Waals surface area contributed by atoms with Crippen LogP contribution in [0.3, 0.4) is 0 Å². The van der Waals surface area contributed by atoms with Crippen molar-refractivity contribution in [1.82, 2.24) is 0 Å². The molecule has 2 fully saturated rings. The molecule has 0 amide bonds. The van der Waals surface area contributed by atoms with Crippen molar-refractivity contribution in [2.45, 2.75) is 37.7 Å². The summed E-state index contributed by atoms with van der Waals surface area (Å²) < 4.78 is 5.35. The maximum atomic E-state index is 11.6. The second-order valence-electron chi connectivity index (χ2n) is 4.83. The molecule has 0 bridgehead atoms. The van der Waals surface area contributed by atoms with Crippen LogP contribution in [0.4, 0.5) is 0 Å². The number of esters is 1. The van der Waals surface area contributed by atoms with Crippen molar-refractivity contribution in [3.8, 4) is 0 Å². The molecule has 1 saturated carbocycles. The van der Waals surface area contributed by atoms with Crippen LogP contribution in [-0.4, -0.2) is 12.1 Å². The van der Waals surface area contributed by atoms with E-state index in [9.17, 15) is 4.79 Å². The molecule has 84 valence electrons. The van der Waals surface area contributed by atoms with Gasteiger partial charge < -0.3 is 4.74 Å². The molecule has 1 aliphatic heterocycles. The van der Waals surface area contributed by atoms with Gasteiger partial charge in [0.2, 0.25) is 0 Å². The van der Waals surface area contributed by atoms with Gasteiger partial charge >= 0.3 is 5.97 Å². The van der Waals surface area contributed by atoms with Crippen molar-refractivity contribution in [2.24, 2.45) is 5.92 Å². The molecule has 2 nitrogen and oxygen atoms in total. The fraction of sp³-hybridized carbons (Fsp3) is 0.500. The minimum Gasteiger partial charge on any atom is -0.460 e. The summed E-state index contributed by atoms with van der Waals surface area (Å²) in [6.07, 6.45) is 5.18. The topological polar surface area (TPSA) is 26.3 Å². The van der Waals surface area contributed by atoms with Gasteiger partial charge in [0.1, 0.15) is 12.0 Å². The molecule has 1 aliphatic carbocycles. The summed E-state index contributed by atoms with van der Waals surface area (Å²) >= 11 is 0. The van der Waals surface area contributed by atoms with Gasteiger partial charge in [-0.3, -0.25) is 4.79 Å². The number of cyclic esters (lactones) is 1. The molecule has 0 aromatic heterocycles. The number of rotatable bonds is 2. The van der Waals surface area contributed by atoms with E-state index < -0.39 is 0 Å². The molecular weight excluding hydrogens is 200 g/mol. The maximum Gasteiger partial charge on any atom is 0.317 e. The van der Waals surface area contributed by atoms with E-state index in [1.165, 1.54) is 25.7 Å². The van der Waals surface area contributed by atoms with Crippen LogP contribution in [0.1, 0.15) is 37.2 Å². The normalized spacial score (nSPS) is 29.9. The fourth-order valence-electron chi connectivity index (χ4n) is 2.98. The quantitative estimate of drug-likeness (QED) is 0.710. The molecule has 1 saturated heterocycles. The van der Waals surface area contributed by atoms with Crippen LogP contribution in [0, 0.1) is 5.92 Å². The summed E-state index contributed by atoms with van der Waals surface area (Å²) in [5, 5.41) is 0. The van der Waals surface area contributed by atoms with E-state index >= 15 is 0 Å². The van der Waals surface area contributed by atoms with Gasteiger partial charge in [0.25, 0.3) is 0 Å². The summed E-state index contributed by atoms with van der Waals surface area (Å²) in [7, 11) is 0. The first kappa shape index (κ1) is 9.88. The van der Waals surface area contributed by atoms with Crippen molar-refractivity contribution in [1.29, 1.82) is 0 Å². The van der Waals surface area contributed by atoms with Crippen LogP contribution in [-0.2, 0) is 9.53 Å². The lowest BCUT2D eigenvalue weighted by atomic mass is 9.81. The molecule has 0 spiro atoms. The highest BCUT2D eigenvalue weighted by atomic mass is 16.6. The molecule has 16 heavy (non-hydrogen) atoms. The molecule has 2 heteroatoms. The van der Waals surface area contributed by atoms with Gasteiger partial charge in [-0.05, 0) is 24.3 Å². The van der Waals surface area contributed by atoms with Crippen LogP contribution < -0.4 is 0 Å². The zero-order valence-electron chi connectivity index (χ0n) is 9.26. The van der Waals surface area contributed by atoms with Gasteiger partial charge in [0.15, 0.2) is 0 Å². The Kier molecular flexibility index (Phi) is 2.43. The third kappa shape index (κ3) is 1.53. The van der Waals surface area contributed by atoms with Gasteiger partial charge in [-0.15, -0.1) is 0 Å². The largest absolute Gasteiger partial charge is 0.460 e. The van der Waals surface area contributed by atoms with E-state index in [1.54, 1.807) is 0 Å². The lowest BCUT2D eigenvalue weighted by Gasteiger charge is -2.39. The van der Waals surface area contributed by atoms with E-state index in [-0.39, 0.29) is 18.0 Å². The van der Waals surface area contributed by atoms with Gasteiger partial charge in [-0.2, -0.15) is 0 Å². The predicted octanol–water partition coefficient (Wildman–Crippen LogP) is 2.89. The van der Waals surface area contributed by atoms with Crippen molar-refractivity contribution in [3.05, 3.63) is 35.9 Å². The minimum atomic E-state index is -0.0388. The molecule has 1 heterocycles. The Morgan fingerprint density at radius 2 is 1.75 bits per heavy atom. The number of hydrogen-bond donors (Lipinski definition) is 0. The van der Waals surface area contributed by atoms with Gasteiger partial charge in [0.05, 0.1) is 0 Å². The van der Waals surface area contributed by atoms with Gasteiger partial charge in [-0.25, -0.2) is 0 Å². The standard InChI is InChI=1S/C14H16O2/c15-14-12(10-6-2-1-3-7-10)13(16-14)11-8-4-5-9-11/h1-3,6-7,11-13H,4-5,8-9H2/t12-,13-/m0/s1. The summed E-state index contributed by atoms with van der Waals surface area (Å²) in [6.45, 7) is 0. The van der Waals surface area contributed by atoms with E-state index in [0.29, 0.717) is 5.92 Å². The first-order valence-electron chi connectivity index (χ1n) is 6.12. The Balaban J connectivity index is 1.80. The van der Waals surface area contributed by atoms with Crippen LogP contribution >= 0.6 is 0 Å². The molecule has 3 rings (SSSR count). The fourth-order valence-corrected chi connectivity index (χ4v) is 2.98. The number of ether oxygens (including phenoxy) is 1. The lowest BCUT2D eigenvalue weighted by molar-refractivity contribution is -0.181. The first-order valence-corrected chi connectivity index (χ1v) is 6.12. The number of benzene rings is 1. The van der Waals surface area contributed by atoms with Crippen molar-refractivity contribution in [3.63, 3.8) is 0 Å². The third-order valence-corrected chi connectivity index (χ3v) is 3.86. The highest BCUT2D eigenvalue weighted by Crippen LogP contribution is 2.42. The van der Waals surface area contributed by atoms with Gasteiger partial charge in [-0.1, -0.05) is 43.2 Å². The summed E-state index contributed by atoms with van der Waals surface area (Å²) in [5.41, 5.74) is 1.12. The SMILES string of the molecule is O=C1O[C@@H](C2CCCC2)[C@@H]1c1ccccc1. The third-order valence-electron chi connectivity index (χ3n) is 3.86. The molecule has 0 unspecified atom stereocenters. The Morgan fingerprint density at radius 1 is 1.06 bits per heavy atom. The second kappa shape index (κ2) is 3.93. The zero-order chi connectivity index (χ0) is 11.0. The number of carbonyl (C=O) groups is 1. The van der Waals surface area contributed by atoms with Crippen LogP contribution in [0.15, 0.2) is 30.3 Å². The molecule has 0 N–H and O–H groups in total. The molecule has 2 aliphatic rings. The first-order chi connectivity index (χ1) is 7.86. The van der Waals surface area contributed by atoms with E-state index in [4.69, 9.17) is 4.74 Å². The van der Waals surface area contributed by atoms with E-state index in [2.05, 4.69) is 0 Å². The molecule has 1 aromatic carbocycles. The van der Waals surface area contributed by atoms with Crippen molar-refractivity contribution in [2.75, 3.05) is 0 Å². The Hall–Kier alpha value is -1.31. The van der Waals surface area contributed by atoms with Crippen LogP contribution in [0.2, 0.25) is 0 Å². The average molecular weight is 216 g/mol. The smallest absolute Gasteiger partial charge is 0.317 e. The molecule has 1 aromatic rings. The lowest BCUT2D eigenvalue weighted by Crippen LogP contribution is -2.46. The summed E-state index contributed by atoms with van der Waals surface area (Å²) in [4.78, 5) is 11.6. The van der Waals surface area contributed by atoms with Crippen LogP contribution in [0.25, 0.3) is 0 Å². The number of hydrogen-bond acceptors (Lipinski definition) is 2. The molecule has 2 atom stereocenters. The minimum absolute atomic E-state index is 0.00398. The Morgan fingerprint density at radius 3 is 2.38 bits per heavy atom. The highest BCUT2D eigenvalue weighted by Gasteiger charge is 2.48. The van der Waals surface area contributed by atoms with Crippen LogP contribution in [0.5, 0.6) is 0 Å². The van der Waals surface area contributed by atoms with E-state index in [1.807, 2.05) is 30.3 Å². The van der Waals surface area contributed by atoms with Crippen molar-refractivity contribution >= 4 is 5.97 Å². The Bertz CT molecular complexity index is 379. The Labute approximate surface area is 95.6 Å². The van der Waals surface area contributed by atoms with E-state index in [0.717, 1.165) is 5.56 Å².